The second kappa shape index (κ2) is 7.24. The molecule has 1 amide bonds. The molecular weight excluding hydrogens is 400 g/mol. The van der Waals surface area contributed by atoms with Crippen molar-refractivity contribution >= 4 is 34.9 Å². The minimum absolute atomic E-state index is 0.0314. The molecule has 0 aromatic carbocycles. The molecular formula is C17H19ClN8O3. The molecule has 0 unspecified atom stereocenters. The Labute approximate surface area is 170 Å². The standard InChI is InChI=1S/C17H19ClN8O3/c18-13-15(20)24-14(19)12(23-13)9(27)5-11-22-7-17(25-11)1-3-26(4-2-17)16(28)10-6-21-8-29-10/h5-6,8,22,25H,1-4,7H2,(H4,19,20,24)/b11-5+. The number of ketones is 1. The van der Waals surface area contributed by atoms with E-state index in [-0.39, 0.29) is 39.7 Å². The number of likely N-dealkylation sites (tertiary alicyclic amines) is 1. The highest BCUT2D eigenvalue weighted by molar-refractivity contribution is 6.31. The highest BCUT2D eigenvalue weighted by Crippen LogP contribution is 2.27. The number of nitrogens with one attached hydrogen (secondary N) is 2. The van der Waals surface area contributed by atoms with Crippen molar-refractivity contribution in [3.63, 3.8) is 0 Å². The number of carbonyl (C=O) groups is 2. The van der Waals surface area contributed by atoms with E-state index in [2.05, 4.69) is 25.6 Å². The average molecular weight is 419 g/mol. The van der Waals surface area contributed by atoms with Crippen LogP contribution in [0.25, 0.3) is 0 Å². The second-order valence-electron chi connectivity index (χ2n) is 6.97. The van der Waals surface area contributed by atoms with Gasteiger partial charge in [0.1, 0.15) is 5.82 Å². The summed E-state index contributed by atoms with van der Waals surface area (Å²) in [6.07, 6.45) is 5.43. The summed E-state index contributed by atoms with van der Waals surface area (Å²) >= 11 is 5.84. The summed E-state index contributed by atoms with van der Waals surface area (Å²) in [6, 6.07) is 0. The third-order valence-corrected chi connectivity index (χ3v) is 5.36. The van der Waals surface area contributed by atoms with Crippen LogP contribution in [0.15, 0.2) is 28.9 Å². The van der Waals surface area contributed by atoms with Gasteiger partial charge in [-0.3, -0.25) is 9.59 Å². The van der Waals surface area contributed by atoms with Gasteiger partial charge >= 0.3 is 0 Å². The lowest BCUT2D eigenvalue weighted by Gasteiger charge is -2.38. The van der Waals surface area contributed by atoms with Crippen LogP contribution in [0.3, 0.4) is 0 Å². The normalized spacial score (nSPS) is 19.2. The van der Waals surface area contributed by atoms with Crippen LogP contribution in [0.4, 0.5) is 11.6 Å². The zero-order chi connectivity index (χ0) is 20.6. The fraction of sp³-hybridized carbons (Fsp3) is 0.353. The third kappa shape index (κ3) is 3.68. The summed E-state index contributed by atoms with van der Waals surface area (Å²) in [4.78, 5) is 38.1. The lowest BCUT2D eigenvalue weighted by atomic mass is 9.88. The maximum Gasteiger partial charge on any atom is 0.291 e. The van der Waals surface area contributed by atoms with E-state index in [9.17, 15) is 9.59 Å². The fourth-order valence-electron chi connectivity index (χ4n) is 3.46. The molecule has 4 rings (SSSR count). The van der Waals surface area contributed by atoms with Gasteiger partial charge in [0, 0.05) is 25.7 Å². The molecule has 0 aliphatic carbocycles. The lowest BCUT2D eigenvalue weighted by Crippen LogP contribution is -2.53. The van der Waals surface area contributed by atoms with E-state index in [1.165, 1.54) is 18.7 Å². The first-order chi connectivity index (χ1) is 13.9. The van der Waals surface area contributed by atoms with E-state index >= 15 is 0 Å². The van der Waals surface area contributed by atoms with Gasteiger partial charge in [0.25, 0.3) is 5.91 Å². The van der Waals surface area contributed by atoms with Gasteiger partial charge in [0.2, 0.25) is 11.5 Å². The molecule has 2 saturated heterocycles. The van der Waals surface area contributed by atoms with Gasteiger partial charge in [-0.2, -0.15) is 0 Å². The topological polar surface area (TPSA) is 165 Å². The van der Waals surface area contributed by atoms with Crippen LogP contribution in [0.5, 0.6) is 0 Å². The van der Waals surface area contributed by atoms with Gasteiger partial charge < -0.3 is 31.4 Å². The number of amides is 1. The number of halogens is 1. The van der Waals surface area contributed by atoms with Crippen LogP contribution in [0.1, 0.15) is 33.9 Å². The van der Waals surface area contributed by atoms with Gasteiger partial charge in [0.15, 0.2) is 28.9 Å². The quantitative estimate of drug-likeness (QED) is 0.398. The van der Waals surface area contributed by atoms with Gasteiger partial charge in [-0.1, -0.05) is 11.6 Å². The molecule has 2 fully saturated rings. The van der Waals surface area contributed by atoms with Gasteiger partial charge in [-0.05, 0) is 12.8 Å². The van der Waals surface area contributed by atoms with Gasteiger partial charge in [0.05, 0.1) is 11.7 Å². The van der Waals surface area contributed by atoms with Crippen molar-refractivity contribution in [2.75, 3.05) is 31.1 Å². The van der Waals surface area contributed by atoms with E-state index in [1.807, 2.05) is 0 Å². The molecule has 152 valence electrons. The maximum absolute atomic E-state index is 12.5. The summed E-state index contributed by atoms with van der Waals surface area (Å²) in [5.74, 6) is 0.0480. The summed E-state index contributed by atoms with van der Waals surface area (Å²) in [7, 11) is 0. The summed E-state index contributed by atoms with van der Waals surface area (Å²) in [5.41, 5.74) is 11.0. The molecule has 0 bridgehead atoms. The molecule has 2 aromatic rings. The van der Waals surface area contributed by atoms with E-state index in [1.54, 1.807) is 4.90 Å². The van der Waals surface area contributed by atoms with E-state index in [0.717, 1.165) is 0 Å². The van der Waals surface area contributed by atoms with Crippen molar-refractivity contribution in [2.24, 2.45) is 0 Å². The van der Waals surface area contributed by atoms with Crippen molar-refractivity contribution in [1.82, 2.24) is 30.5 Å². The third-order valence-electron chi connectivity index (χ3n) is 5.08. The van der Waals surface area contributed by atoms with Crippen LogP contribution < -0.4 is 22.1 Å². The van der Waals surface area contributed by atoms with Crippen LogP contribution in [-0.4, -0.2) is 56.7 Å². The number of nitrogens with two attached hydrogens (primary N) is 2. The Balaban J connectivity index is 1.41. The molecule has 29 heavy (non-hydrogen) atoms. The first kappa shape index (κ1) is 19.0. The maximum atomic E-state index is 12.5. The molecule has 2 aromatic heterocycles. The number of hydrogen-bond donors (Lipinski definition) is 4. The Morgan fingerprint density at radius 1 is 1.24 bits per heavy atom. The first-order valence-electron chi connectivity index (χ1n) is 8.91. The van der Waals surface area contributed by atoms with Crippen molar-refractivity contribution in [3.8, 4) is 0 Å². The molecule has 2 aliphatic heterocycles. The van der Waals surface area contributed by atoms with Crippen molar-refractivity contribution in [3.05, 3.63) is 41.1 Å². The average Bonchev–Trinajstić information content (AvgIpc) is 3.36. The molecule has 0 saturated carbocycles. The molecule has 6 N–H and O–H groups in total. The van der Waals surface area contributed by atoms with Crippen LogP contribution in [0, 0.1) is 0 Å². The Hall–Kier alpha value is -3.34. The number of piperidine rings is 1. The highest BCUT2D eigenvalue weighted by Gasteiger charge is 2.40. The summed E-state index contributed by atoms with van der Waals surface area (Å²) < 4.78 is 5.08. The van der Waals surface area contributed by atoms with Crippen LogP contribution in [-0.2, 0) is 0 Å². The van der Waals surface area contributed by atoms with Crippen LogP contribution >= 0.6 is 11.6 Å². The SMILES string of the molecule is Nc1nc(N)c(C(=O)/C=C2\NCC3(CCN(C(=O)c4cnco4)CC3)N2)nc1Cl. The molecule has 11 nitrogen and oxygen atoms in total. The molecule has 2 aliphatic rings. The van der Waals surface area contributed by atoms with Gasteiger partial charge in [-0.25, -0.2) is 15.0 Å². The number of oxazole rings is 1. The zero-order valence-electron chi connectivity index (χ0n) is 15.3. The number of rotatable bonds is 3. The number of nitrogens with zero attached hydrogens (tertiary/aromatic N) is 4. The number of nitrogen functional groups attached to an aromatic ring is 2. The largest absolute Gasteiger partial charge is 0.438 e. The predicted octanol–water partition coefficient (Wildman–Crippen LogP) is 0.174. The van der Waals surface area contributed by atoms with E-state index in [4.69, 9.17) is 27.5 Å². The smallest absolute Gasteiger partial charge is 0.291 e. The van der Waals surface area contributed by atoms with Crippen molar-refractivity contribution in [2.45, 2.75) is 18.4 Å². The Morgan fingerprint density at radius 2 is 2.00 bits per heavy atom. The Bertz CT molecular complexity index is 983. The number of aromatic nitrogens is 3. The molecule has 4 heterocycles. The van der Waals surface area contributed by atoms with E-state index < -0.39 is 5.78 Å². The van der Waals surface area contributed by atoms with Crippen LogP contribution in [0.2, 0.25) is 5.15 Å². The van der Waals surface area contributed by atoms with Crippen molar-refractivity contribution in [1.29, 1.82) is 0 Å². The number of allylic oxidation sites excluding steroid dienone is 1. The summed E-state index contributed by atoms with van der Waals surface area (Å²) in [6.45, 7) is 1.74. The molecule has 1 spiro atoms. The van der Waals surface area contributed by atoms with Gasteiger partial charge in [-0.15, -0.1) is 0 Å². The Morgan fingerprint density at radius 3 is 2.69 bits per heavy atom. The molecule has 0 atom stereocenters. The molecule has 12 heteroatoms. The minimum Gasteiger partial charge on any atom is -0.438 e. The fourth-order valence-corrected chi connectivity index (χ4v) is 3.59. The monoisotopic (exact) mass is 418 g/mol. The predicted molar refractivity (Wildman–Crippen MR) is 104 cm³/mol. The first-order valence-corrected chi connectivity index (χ1v) is 9.29. The number of carbonyl (C=O) groups excluding carboxylic acids is 2. The highest BCUT2D eigenvalue weighted by atomic mass is 35.5. The second-order valence-corrected chi connectivity index (χ2v) is 7.33. The molecule has 0 radical (unpaired) electrons. The lowest BCUT2D eigenvalue weighted by molar-refractivity contribution is 0.0635. The summed E-state index contributed by atoms with van der Waals surface area (Å²) in [5, 5.41) is 6.47. The van der Waals surface area contributed by atoms with E-state index in [0.29, 0.717) is 38.3 Å². The zero-order valence-corrected chi connectivity index (χ0v) is 16.1. The number of anilines is 2. The van der Waals surface area contributed by atoms with Crippen molar-refractivity contribution < 1.29 is 14.0 Å². The Kier molecular flexibility index (Phi) is 4.74. The minimum atomic E-state index is -0.443. The number of hydrogen-bond acceptors (Lipinski definition) is 10.